The largest absolute Gasteiger partial charge is 0.464 e. The Bertz CT molecular complexity index is 755. The zero-order valence-corrected chi connectivity index (χ0v) is 15.0. The van der Waals surface area contributed by atoms with Gasteiger partial charge < -0.3 is 14.5 Å². The number of aromatic nitrogens is 2. The first kappa shape index (κ1) is 17.4. The molecule has 0 radical (unpaired) electrons. The third kappa shape index (κ3) is 4.14. The van der Waals surface area contributed by atoms with Gasteiger partial charge in [-0.3, -0.25) is 4.98 Å². The van der Waals surface area contributed by atoms with E-state index < -0.39 is 5.97 Å². The summed E-state index contributed by atoms with van der Waals surface area (Å²) in [6.45, 7) is 6.15. The Morgan fingerprint density at radius 1 is 1.24 bits per heavy atom. The van der Waals surface area contributed by atoms with E-state index in [2.05, 4.69) is 51.1 Å². The van der Waals surface area contributed by atoms with E-state index >= 15 is 0 Å². The molecule has 0 spiro atoms. The smallest absolute Gasteiger partial charge is 0.358 e. The maximum absolute atomic E-state index is 11.7. The minimum absolute atomic E-state index is 0.248. The monoisotopic (exact) mass is 340 g/mol. The number of rotatable bonds is 4. The summed E-state index contributed by atoms with van der Waals surface area (Å²) in [5.41, 5.74) is 4.28. The van der Waals surface area contributed by atoms with Crippen molar-refractivity contribution in [1.29, 1.82) is 0 Å². The third-order valence-electron chi connectivity index (χ3n) is 4.60. The molecule has 1 aliphatic rings. The normalized spacial score (nSPS) is 15.2. The number of aryl methyl sites for hydroxylation is 1. The van der Waals surface area contributed by atoms with Gasteiger partial charge in [-0.15, -0.1) is 0 Å². The van der Waals surface area contributed by atoms with Crippen LogP contribution in [0.1, 0.15) is 27.4 Å². The van der Waals surface area contributed by atoms with Gasteiger partial charge in [-0.25, -0.2) is 9.78 Å². The molecule has 3 rings (SSSR count). The van der Waals surface area contributed by atoms with Crippen molar-refractivity contribution in [2.24, 2.45) is 0 Å². The van der Waals surface area contributed by atoms with Crippen molar-refractivity contribution >= 4 is 11.7 Å². The Balaban J connectivity index is 1.79. The number of carbonyl (C=O) groups is 1. The van der Waals surface area contributed by atoms with Gasteiger partial charge >= 0.3 is 5.97 Å². The number of ether oxygens (including phenoxy) is 1. The average Bonchev–Trinajstić information content (AvgIpc) is 2.64. The second kappa shape index (κ2) is 7.61. The maximum Gasteiger partial charge on any atom is 0.358 e. The number of esters is 1. The molecular weight excluding hydrogens is 316 g/mol. The van der Waals surface area contributed by atoms with Crippen LogP contribution in [0.3, 0.4) is 0 Å². The van der Waals surface area contributed by atoms with Gasteiger partial charge in [0.1, 0.15) is 0 Å². The fourth-order valence-corrected chi connectivity index (χ4v) is 2.98. The fourth-order valence-electron chi connectivity index (χ4n) is 2.98. The minimum atomic E-state index is -0.458. The molecule has 132 valence electrons. The Kier molecular flexibility index (Phi) is 5.28. The highest BCUT2D eigenvalue weighted by atomic mass is 16.5. The number of piperazine rings is 1. The molecule has 0 unspecified atom stereocenters. The van der Waals surface area contributed by atoms with Crippen LogP contribution in [0.2, 0.25) is 0 Å². The first-order chi connectivity index (χ1) is 12.1. The molecular formula is C19H24N4O2. The lowest BCUT2D eigenvalue weighted by Gasteiger charge is -2.34. The zero-order valence-electron chi connectivity index (χ0n) is 15.0. The van der Waals surface area contributed by atoms with Gasteiger partial charge in [0.2, 0.25) is 0 Å². The van der Waals surface area contributed by atoms with Crippen LogP contribution in [0.15, 0.2) is 30.5 Å². The molecule has 0 amide bonds. The van der Waals surface area contributed by atoms with Crippen LogP contribution < -0.4 is 4.90 Å². The Morgan fingerprint density at radius 3 is 2.72 bits per heavy atom. The molecule has 0 N–H and O–H groups in total. The lowest BCUT2D eigenvalue weighted by Crippen LogP contribution is -2.44. The van der Waals surface area contributed by atoms with E-state index in [4.69, 9.17) is 4.74 Å². The van der Waals surface area contributed by atoms with E-state index in [1.54, 1.807) is 0 Å². The Hall–Kier alpha value is -2.47. The van der Waals surface area contributed by atoms with Gasteiger partial charge in [0.15, 0.2) is 5.69 Å². The first-order valence-corrected chi connectivity index (χ1v) is 8.50. The molecule has 1 fully saturated rings. The predicted octanol–water partition coefficient (Wildman–Crippen LogP) is 1.91. The van der Waals surface area contributed by atoms with Crippen molar-refractivity contribution in [2.75, 3.05) is 45.2 Å². The van der Waals surface area contributed by atoms with E-state index in [1.165, 1.54) is 19.0 Å². The number of carbonyl (C=O) groups excluding carboxylic acids is 1. The highest BCUT2D eigenvalue weighted by Crippen LogP contribution is 2.20. The van der Waals surface area contributed by atoms with Crippen molar-refractivity contribution in [3.05, 3.63) is 53.1 Å². The van der Waals surface area contributed by atoms with Crippen LogP contribution in [-0.2, 0) is 11.2 Å². The van der Waals surface area contributed by atoms with Crippen LogP contribution in [0.4, 0.5) is 5.69 Å². The molecule has 1 aliphatic heterocycles. The van der Waals surface area contributed by atoms with E-state index in [0.717, 1.165) is 43.1 Å². The number of likely N-dealkylation sites (N-methyl/N-ethyl adjacent to an activating group) is 1. The second-order valence-electron chi connectivity index (χ2n) is 6.42. The molecule has 0 bridgehead atoms. The Morgan fingerprint density at radius 2 is 2.00 bits per heavy atom. The number of hydrogen-bond donors (Lipinski definition) is 0. The van der Waals surface area contributed by atoms with Gasteiger partial charge in [-0.2, -0.15) is 0 Å². The molecule has 1 aromatic heterocycles. The molecule has 0 aliphatic carbocycles. The standard InChI is InChI=1S/C19H24N4O2/c1-14-17(21-18(13-20-14)19(24)25-3)12-15-5-4-6-16(11-15)23-9-7-22(2)8-10-23/h4-6,11,13H,7-10,12H2,1-3H3. The summed E-state index contributed by atoms with van der Waals surface area (Å²) in [5, 5.41) is 0. The van der Waals surface area contributed by atoms with Crippen molar-refractivity contribution < 1.29 is 9.53 Å². The molecule has 25 heavy (non-hydrogen) atoms. The molecule has 2 aromatic rings. The zero-order chi connectivity index (χ0) is 17.8. The SMILES string of the molecule is COC(=O)c1cnc(C)c(Cc2cccc(N3CCN(C)CC3)c2)n1. The van der Waals surface area contributed by atoms with Crippen molar-refractivity contribution in [3.8, 4) is 0 Å². The van der Waals surface area contributed by atoms with E-state index in [0.29, 0.717) is 6.42 Å². The number of methoxy groups -OCH3 is 1. The number of nitrogens with zero attached hydrogens (tertiary/aromatic N) is 4. The first-order valence-electron chi connectivity index (χ1n) is 8.50. The van der Waals surface area contributed by atoms with Gasteiger partial charge in [0.05, 0.1) is 24.7 Å². The minimum Gasteiger partial charge on any atom is -0.464 e. The second-order valence-corrected chi connectivity index (χ2v) is 6.42. The van der Waals surface area contributed by atoms with Crippen LogP contribution in [0.25, 0.3) is 0 Å². The van der Waals surface area contributed by atoms with Gasteiger partial charge in [-0.1, -0.05) is 12.1 Å². The molecule has 2 heterocycles. The summed E-state index contributed by atoms with van der Waals surface area (Å²) in [6, 6.07) is 8.52. The Labute approximate surface area is 148 Å². The lowest BCUT2D eigenvalue weighted by molar-refractivity contribution is 0.0593. The predicted molar refractivity (Wildman–Crippen MR) is 97.1 cm³/mol. The lowest BCUT2D eigenvalue weighted by atomic mass is 10.1. The third-order valence-corrected chi connectivity index (χ3v) is 4.60. The van der Waals surface area contributed by atoms with Gasteiger partial charge in [0, 0.05) is 38.3 Å². The molecule has 6 heteroatoms. The van der Waals surface area contributed by atoms with Crippen molar-refractivity contribution in [2.45, 2.75) is 13.3 Å². The summed E-state index contributed by atoms with van der Waals surface area (Å²) in [6.07, 6.45) is 2.11. The van der Waals surface area contributed by atoms with E-state index in [9.17, 15) is 4.79 Å². The highest BCUT2D eigenvalue weighted by Gasteiger charge is 2.15. The molecule has 0 saturated carbocycles. The van der Waals surface area contributed by atoms with Crippen LogP contribution in [0.5, 0.6) is 0 Å². The van der Waals surface area contributed by atoms with E-state index in [1.807, 2.05) is 6.92 Å². The highest BCUT2D eigenvalue weighted by molar-refractivity contribution is 5.86. The molecule has 6 nitrogen and oxygen atoms in total. The quantitative estimate of drug-likeness (QED) is 0.793. The van der Waals surface area contributed by atoms with Crippen LogP contribution >= 0.6 is 0 Å². The van der Waals surface area contributed by atoms with E-state index in [-0.39, 0.29) is 5.69 Å². The number of anilines is 1. The maximum atomic E-state index is 11.7. The van der Waals surface area contributed by atoms with Gasteiger partial charge in [-0.05, 0) is 31.7 Å². The summed E-state index contributed by atoms with van der Waals surface area (Å²) in [4.78, 5) is 25.2. The van der Waals surface area contributed by atoms with Gasteiger partial charge in [0.25, 0.3) is 0 Å². The summed E-state index contributed by atoms with van der Waals surface area (Å²) < 4.78 is 4.74. The summed E-state index contributed by atoms with van der Waals surface area (Å²) >= 11 is 0. The fraction of sp³-hybridized carbons (Fsp3) is 0.421. The van der Waals surface area contributed by atoms with Crippen LogP contribution in [0, 0.1) is 6.92 Å². The summed E-state index contributed by atoms with van der Waals surface area (Å²) in [5.74, 6) is -0.458. The molecule has 1 saturated heterocycles. The average molecular weight is 340 g/mol. The summed E-state index contributed by atoms with van der Waals surface area (Å²) in [7, 11) is 3.51. The number of benzene rings is 1. The molecule has 1 aromatic carbocycles. The van der Waals surface area contributed by atoms with Crippen molar-refractivity contribution in [1.82, 2.24) is 14.9 Å². The van der Waals surface area contributed by atoms with Crippen molar-refractivity contribution in [3.63, 3.8) is 0 Å². The van der Waals surface area contributed by atoms with Crippen LogP contribution in [-0.4, -0.2) is 61.2 Å². The number of hydrogen-bond acceptors (Lipinski definition) is 6. The topological polar surface area (TPSA) is 58.6 Å². The molecule has 0 atom stereocenters.